The molecule has 1 aliphatic heterocycles. The first-order valence-electron chi connectivity index (χ1n) is 4.75. The Morgan fingerprint density at radius 1 is 1.44 bits per heavy atom. The summed E-state index contributed by atoms with van der Waals surface area (Å²) in [5, 5.41) is 11.9. The summed E-state index contributed by atoms with van der Waals surface area (Å²) in [5.41, 5.74) is 0.993. The highest BCUT2D eigenvalue weighted by atomic mass is 16.4. The number of hydrogen-bond donors (Lipinski definition) is 2. The van der Waals surface area contributed by atoms with Crippen LogP contribution < -0.4 is 5.32 Å². The number of para-hydroxylation sites is 1. The molecule has 0 aliphatic carbocycles. The molecule has 0 bridgehead atoms. The predicted octanol–water partition coefficient (Wildman–Crippen LogP) is 1.02. The van der Waals surface area contributed by atoms with Gasteiger partial charge in [0.05, 0.1) is 5.69 Å². The fourth-order valence-electron chi connectivity index (χ4n) is 1.71. The lowest BCUT2D eigenvalue weighted by molar-refractivity contribution is -0.137. The van der Waals surface area contributed by atoms with Gasteiger partial charge in [-0.1, -0.05) is 12.1 Å². The molecule has 1 aromatic carbocycles. The van der Waals surface area contributed by atoms with Crippen molar-refractivity contribution in [2.45, 2.75) is 0 Å². The highest BCUT2D eigenvalue weighted by Gasteiger charge is 2.37. The van der Waals surface area contributed by atoms with Crippen LogP contribution in [0.3, 0.4) is 0 Å². The third-order valence-electron chi connectivity index (χ3n) is 2.48. The number of anilines is 1. The SMILES string of the molecule is CN=C1Nc2ccccc2C(=O)C1C(=O)O. The zero-order valence-electron chi connectivity index (χ0n) is 8.60. The molecule has 0 saturated carbocycles. The molecular formula is C11H10N2O3. The van der Waals surface area contributed by atoms with Crippen molar-refractivity contribution in [3.63, 3.8) is 0 Å². The van der Waals surface area contributed by atoms with Gasteiger partial charge in [0, 0.05) is 12.6 Å². The average Bonchev–Trinajstić information content (AvgIpc) is 2.28. The molecule has 16 heavy (non-hydrogen) atoms. The lowest BCUT2D eigenvalue weighted by Gasteiger charge is -2.23. The van der Waals surface area contributed by atoms with Crippen LogP contribution in [0.1, 0.15) is 10.4 Å². The van der Waals surface area contributed by atoms with E-state index in [4.69, 9.17) is 5.11 Å². The summed E-state index contributed by atoms with van der Waals surface area (Å²) < 4.78 is 0. The maximum absolute atomic E-state index is 11.9. The van der Waals surface area contributed by atoms with Crippen molar-refractivity contribution in [1.82, 2.24) is 0 Å². The minimum Gasteiger partial charge on any atom is -0.480 e. The molecule has 1 atom stereocenters. The number of ketones is 1. The molecule has 1 aliphatic rings. The van der Waals surface area contributed by atoms with Crippen molar-refractivity contribution in [3.8, 4) is 0 Å². The molecule has 0 spiro atoms. The topological polar surface area (TPSA) is 78.8 Å². The van der Waals surface area contributed by atoms with Crippen LogP contribution in [0.15, 0.2) is 29.3 Å². The third-order valence-corrected chi connectivity index (χ3v) is 2.48. The summed E-state index contributed by atoms with van der Waals surface area (Å²) >= 11 is 0. The van der Waals surface area contributed by atoms with E-state index >= 15 is 0 Å². The number of carboxylic acid groups (broad SMARTS) is 1. The van der Waals surface area contributed by atoms with Crippen molar-refractivity contribution in [1.29, 1.82) is 0 Å². The van der Waals surface area contributed by atoms with Gasteiger partial charge in [0.1, 0.15) is 5.84 Å². The quantitative estimate of drug-likeness (QED) is 0.690. The first-order valence-corrected chi connectivity index (χ1v) is 4.75. The number of aliphatic imine (C=N–C) groups is 1. The summed E-state index contributed by atoms with van der Waals surface area (Å²) in [5.74, 6) is -2.66. The standard InChI is InChI=1S/C11H10N2O3/c1-12-10-8(11(15)16)9(14)6-4-2-3-5-7(6)13-10/h2-5,8H,1H3,(H,12,13)(H,15,16). The van der Waals surface area contributed by atoms with E-state index in [2.05, 4.69) is 10.3 Å². The van der Waals surface area contributed by atoms with Crippen LogP contribution >= 0.6 is 0 Å². The minimum atomic E-state index is -1.22. The summed E-state index contributed by atoms with van der Waals surface area (Å²) in [6.07, 6.45) is 0. The number of fused-ring (bicyclic) bond motifs is 1. The van der Waals surface area contributed by atoms with Gasteiger partial charge in [-0.15, -0.1) is 0 Å². The molecule has 0 amide bonds. The zero-order valence-corrected chi connectivity index (χ0v) is 8.60. The van der Waals surface area contributed by atoms with E-state index in [1.807, 2.05) is 0 Å². The van der Waals surface area contributed by atoms with E-state index in [9.17, 15) is 9.59 Å². The molecule has 2 N–H and O–H groups in total. The first-order chi connectivity index (χ1) is 7.65. The number of benzene rings is 1. The molecule has 1 aromatic rings. The smallest absolute Gasteiger partial charge is 0.322 e. The Hall–Kier alpha value is -2.17. The van der Waals surface area contributed by atoms with Crippen molar-refractivity contribution in [2.24, 2.45) is 10.9 Å². The second kappa shape index (κ2) is 3.77. The lowest BCUT2D eigenvalue weighted by atomic mass is 9.91. The monoisotopic (exact) mass is 218 g/mol. The normalized spacial score (nSPS) is 21.4. The molecule has 5 nitrogen and oxygen atoms in total. The Balaban J connectivity index is 2.55. The average molecular weight is 218 g/mol. The van der Waals surface area contributed by atoms with Crippen molar-refractivity contribution >= 4 is 23.3 Å². The Labute approximate surface area is 91.8 Å². The first kappa shape index (κ1) is 10.4. The van der Waals surface area contributed by atoms with Gasteiger partial charge in [0.15, 0.2) is 11.7 Å². The predicted molar refractivity (Wildman–Crippen MR) is 58.9 cm³/mol. The van der Waals surface area contributed by atoms with E-state index < -0.39 is 17.7 Å². The molecule has 5 heteroatoms. The van der Waals surface area contributed by atoms with Crippen LogP contribution in [0.2, 0.25) is 0 Å². The Bertz CT molecular complexity index is 494. The van der Waals surface area contributed by atoms with Crippen LogP contribution in [-0.4, -0.2) is 29.7 Å². The molecule has 1 unspecified atom stereocenters. The van der Waals surface area contributed by atoms with Gasteiger partial charge in [-0.2, -0.15) is 0 Å². The van der Waals surface area contributed by atoms with Gasteiger partial charge in [-0.05, 0) is 12.1 Å². The van der Waals surface area contributed by atoms with Gasteiger partial charge in [-0.3, -0.25) is 14.6 Å². The fourth-order valence-corrected chi connectivity index (χ4v) is 1.71. The zero-order chi connectivity index (χ0) is 11.7. The van der Waals surface area contributed by atoms with Crippen molar-refractivity contribution in [2.75, 3.05) is 12.4 Å². The lowest BCUT2D eigenvalue weighted by Crippen LogP contribution is -2.40. The highest BCUT2D eigenvalue weighted by molar-refractivity contribution is 6.30. The molecular weight excluding hydrogens is 208 g/mol. The van der Waals surface area contributed by atoms with E-state index in [-0.39, 0.29) is 5.84 Å². The van der Waals surface area contributed by atoms with Crippen LogP contribution in [0, 0.1) is 5.92 Å². The van der Waals surface area contributed by atoms with Crippen LogP contribution in [0.4, 0.5) is 5.69 Å². The van der Waals surface area contributed by atoms with E-state index in [1.165, 1.54) is 7.05 Å². The van der Waals surface area contributed by atoms with Gasteiger partial charge in [0.2, 0.25) is 0 Å². The third kappa shape index (κ3) is 1.46. The van der Waals surface area contributed by atoms with Crippen LogP contribution in [0.25, 0.3) is 0 Å². The number of amidine groups is 1. The van der Waals surface area contributed by atoms with E-state index in [0.717, 1.165) is 0 Å². The number of nitrogens with zero attached hydrogens (tertiary/aromatic N) is 1. The summed E-state index contributed by atoms with van der Waals surface area (Å²) in [4.78, 5) is 26.7. The van der Waals surface area contributed by atoms with Crippen LogP contribution in [0.5, 0.6) is 0 Å². The molecule has 0 aromatic heterocycles. The number of Topliss-reactive ketones (excluding diaryl/α,β-unsaturated/α-hetero) is 1. The van der Waals surface area contributed by atoms with Gasteiger partial charge >= 0.3 is 5.97 Å². The fraction of sp³-hybridized carbons (Fsp3) is 0.182. The molecule has 1 heterocycles. The number of nitrogens with one attached hydrogen (secondary N) is 1. The summed E-state index contributed by atoms with van der Waals surface area (Å²) in [6.45, 7) is 0. The van der Waals surface area contributed by atoms with Crippen molar-refractivity contribution in [3.05, 3.63) is 29.8 Å². The number of carboxylic acids is 1. The maximum atomic E-state index is 11.9. The Morgan fingerprint density at radius 2 is 2.12 bits per heavy atom. The van der Waals surface area contributed by atoms with Gasteiger partial charge < -0.3 is 10.4 Å². The Morgan fingerprint density at radius 3 is 2.75 bits per heavy atom. The number of hydrogen-bond acceptors (Lipinski definition) is 3. The maximum Gasteiger partial charge on any atom is 0.322 e. The molecule has 0 fully saturated rings. The van der Waals surface area contributed by atoms with E-state index in [1.54, 1.807) is 24.3 Å². The second-order valence-corrected chi connectivity index (χ2v) is 3.41. The number of aliphatic carboxylic acids is 1. The number of carbonyl (C=O) groups excluding carboxylic acids is 1. The van der Waals surface area contributed by atoms with Crippen molar-refractivity contribution < 1.29 is 14.7 Å². The van der Waals surface area contributed by atoms with Crippen LogP contribution in [-0.2, 0) is 4.79 Å². The number of rotatable bonds is 1. The molecule has 0 radical (unpaired) electrons. The van der Waals surface area contributed by atoms with E-state index in [0.29, 0.717) is 11.3 Å². The minimum absolute atomic E-state index is 0.177. The molecule has 0 saturated heterocycles. The Kier molecular flexibility index (Phi) is 2.44. The van der Waals surface area contributed by atoms with Gasteiger partial charge in [-0.25, -0.2) is 0 Å². The largest absolute Gasteiger partial charge is 0.480 e. The molecule has 82 valence electrons. The highest BCUT2D eigenvalue weighted by Crippen LogP contribution is 2.25. The molecule has 2 rings (SSSR count). The summed E-state index contributed by atoms with van der Waals surface area (Å²) in [6, 6.07) is 6.79. The second-order valence-electron chi connectivity index (χ2n) is 3.41. The van der Waals surface area contributed by atoms with Gasteiger partial charge in [0.25, 0.3) is 0 Å². The summed E-state index contributed by atoms with van der Waals surface area (Å²) in [7, 11) is 1.46. The number of carbonyl (C=O) groups is 2.